The molecule has 23 heavy (non-hydrogen) atoms. The van der Waals surface area contributed by atoms with E-state index in [4.69, 9.17) is 0 Å². The molecule has 1 fully saturated rings. The van der Waals surface area contributed by atoms with Gasteiger partial charge in [-0.2, -0.15) is 5.10 Å². The van der Waals surface area contributed by atoms with E-state index in [1.54, 1.807) is 5.51 Å². The Morgan fingerprint density at radius 3 is 3.00 bits per heavy atom. The molecule has 1 amide bonds. The Balaban J connectivity index is 1.61. The molecule has 0 radical (unpaired) electrons. The molecule has 0 spiro atoms. The van der Waals surface area contributed by atoms with Crippen molar-refractivity contribution in [1.82, 2.24) is 24.9 Å². The van der Waals surface area contributed by atoms with Gasteiger partial charge in [-0.1, -0.05) is 17.8 Å². The monoisotopic (exact) mass is 334 g/mol. The van der Waals surface area contributed by atoms with Crippen LogP contribution in [0.1, 0.15) is 30.7 Å². The number of likely N-dealkylation sites (tertiary alicyclic amines) is 1. The average molecular weight is 334 g/mol. The second kappa shape index (κ2) is 7.18. The van der Waals surface area contributed by atoms with Gasteiger partial charge < -0.3 is 0 Å². The first-order valence-electron chi connectivity index (χ1n) is 7.93. The fourth-order valence-electron chi connectivity index (χ4n) is 3.11. The lowest BCUT2D eigenvalue weighted by molar-refractivity contribution is -0.118. The number of nitrogens with zero attached hydrogens (tertiary/aromatic N) is 5. The van der Waals surface area contributed by atoms with Crippen LogP contribution in [0.15, 0.2) is 11.6 Å². The van der Waals surface area contributed by atoms with Crippen molar-refractivity contribution in [2.24, 2.45) is 0 Å². The van der Waals surface area contributed by atoms with E-state index in [1.165, 1.54) is 23.5 Å². The molecule has 2 aromatic heterocycles. The van der Waals surface area contributed by atoms with Crippen molar-refractivity contribution in [3.05, 3.63) is 23.0 Å². The van der Waals surface area contributed by atoms with E-state index in [-0.39, 0.29) is 5.91 Å². The second-order valence-corrected chi connectivity index (χ2v) is 6.85. The lowest BCUT2D eigenvalue weighted by Gasteiger charge is -2.35. The van der Waals surface area contributed by atoms with Crippen LogP contribution in [-0.2, 0) is 11.3 Å². The zero-order valence-electron chi connectivity index (χ0n) is 13.5. The quantitative estimate of drug-likeness (QED) is 0.903. The van der Waals surface area contributed by atoms with Gasteiger partial charge in [-0.25, -0.2) is 0 Å². The number of hydrogen-bond donors (Lipinski definition) is 1. The number of aromatic nitrogens is 4. The van der Waals surface area contributed by atoms with E-state index in [9.17, 15) is 4.79 Å². The predicted molar refractivity (Wildman–Crippen MR) is 89.5 cm³/mol. The van der Waals surface area contributed by atoms with E-state index < -0.39 is 0 Å². The maximum atomic E-state index is 12.2. The predicted octanol–water partition coefficient (Wildman–Crippen LogP) is 1.84. The van der Waals surface area contributed by atoms with Gasteiger partial charge in [0.15, 0.2) is 0 Å². The molecule has 1 N–H and O–H groups in total. The number of rotatable bonds is 5. The summed E-state index contributed by atoms with van der Waals surface area (Å²) < 4.78 is 2.06. The molecule has 0 aliphatic carbocycles. The van der Waals surface area contributed by atoms with Gasteiger partial charge in [0, 0.05) is 11.7 Å². The molecule has 0 aromatic carbocycles. The number of piperidine rings is 1. The van der Waals surface area contributed by atoms with E-state index in [2.05, 4.69) is 43.2 Å². The average Bonchev–Trinajstić information content (AvgIpc) is 3.11. The first-order valence-corrected chi connectivity index (χ1v) is 8.81. The summed E-state index contributed by atoms with van der Waals surface area (Å²) in [5.41, 5.74) is 3.83. The Morgan fingerprint density at radius 1 is 1.43 bits per heavy atom. The van der Waals surface area contributed by atoms with E-state index in [0.717, 1.165) is 31.6 Å². The highest BCUT2D eigenvalue weighted by Gasteiger charge is 2.25. The third-order valence-corrected chi connectivity index (χ3v) is 4.80. The Kier molecular flexibility index (Phi) is 5.02. The third kappa shape index (κ3) is 4.14. The Bertz CT molecular complexity index is 653. The summed E-state index contributed by atoms with van der Waals surface area (Å²) in [7, 11) is 0. The van der Waals surface area contributed by atoms with Crippen molar-refractivity contribution in [3.8, 4) is 0 Å². The molecular weight excluding hydrogens is 312 g/mol. The van der Waals surface area contributed by atoms with Gasteiger partial charge >= 0.3 is 0 Å². The lowest BCUT2D eigenvalue weighted by Crippen LogP contribution is -2.46. The number of aryl methyl sites for hydroxylation is 2. The Labute approximate surface area is 139 Å². The first kappa shape index (κ1) is 16.1. The molecule has 1 saturated heterocycles. The molecule has 1 aliphatic heterocycles. The Hall–Kier alpha value is -1.80. The summed E-state index contributed by atoms with van der Waals surface area (Å²) in [4.78, 5) is 14.5. The molecule has 1 aliphatic rings. The zero-order chi connectivity index (χ0) is 16.2. The van der Waals surface area contributed by atoms with Gasteiger partial charge in [0.1, 0.15) is 5.51 Å². The molecule has 3 rings (SSSR count). The minimum absolute atomic E-state index is 0.0259. The van der Waals surface area contributed by atoms with Crippen molar-refractivity contribution < 1.29 is 4.79 Å². The molecule has 0 saturated carbocycles. The van der Waals surface area contributed by atoms with Gasteiger partial charge in [-0.05, 0) is 39.3 Å². The van der Waals surface area contributed by atoms with Crippen LogP contribution in [-0.4, -0.2) is 49.9 Å². The molecule has 7 nitrogen and oxygen atoms in total. The van der Waals surface area contributed by atoms with Crippen molar-refractivity contribution in [2.75, 3.05) is 18.4 Å². The molecule has 0 bridgehead atoms. The molecule has 124 valence electrons. The fourth-order valence-corrected chi connectivity index (χ4v) is 3.57. The second-order valence-electron chi connectivity index (χ2n) is 6.02. The van der Waals surface area contributed by atoms with Crippen LogP contribution in [0, 0.1) is 13.8 Å². The fraction of sp³-hybridized carbons (Fsp3) is 0.600. The molecule has 8 heteroatoms. The zero-order valence-corrected chi connectivity index (χ0v) is 14.3. The number of carbonyl (C=O) groups excluding carboxylic acids is 1. The molecule has 0 unspecified atom stereocenters. The lowest BCUT2D eigenvalue weighted by atomic mass is 10.0. The highest BCUT2D eigenvalue weighted by Crippen LogP contribution is 2.19. The third-order valence-electron chi connectivity index (χ3n) is 4.19. The summed E-state index contributed by atoms with van der Waals surface area (Å²) in [6.45, 7) is 6.27. The van der Waals surface area contributed by atoms with E-state index in [1.807, 2.05) is 6.92 Å². The number of amides is 1. The van der Waals surface area contributed by atoms with Gasteiger partial charge in [0.25, 0.3) is 0 Å². The summed E-state index contributed by atoms with van der Waals surface area (Å²) in [6.07, 6.45) is 3.45. The number of carbonyl (C=O) groups is 1. The van der Waals surface area contributed by atoms with Crippen molar-refractivity contribution in [3.63, 3.8) is 0 Å². The van der Waals surface area contributed by atoms with Crippen LogP contribution in [0.5, 0.6) is 0 Å². The van der Waals surface area contributed by atoms with Gasteiger partial charge in [-0.15, -0.1) is 10.2 Å². The Morgan fingerprint density at radius 2 is 2.30 bits per heavy atom. The number of anilines is 1. The van der Waals surface area contributed by atoms with Crippen LogP contribution >= 0.6 is 11.3 Å². The maximum Gasteiger partial charge on any atom is 0.240 e. The summed E-state index contributed by atoms with van der Waals surface area (Å²) >= 11 is 1.33. The molecular formula is C15H22N6OS. The smallest absolute Gasteiger partial charge is 0.240 e. The minimum atomic E-state index is -0.0259. The first-order chi connectivity index (χ1) is 11.1. The van der Waals surface area contributed by atoms with Gasteiger partial charge in [0.05, 0.1) is 18.8 Å². The van der Waals surface area contributed by atoms with Crippen LogP contribution in [0.2, 0.25) is 0 Å². The maximum absolute atomic E-state index is 12.2. The van der Waals surface area contributed by atoms with E-state index >= 15 is 0 Å². The van der Waals surface area contributed by atoms with Crippen molar-refractivity contribution >= 4 is 22.4 Å². The summed E-state index contributed by atoms with van der Waals surface area (Å²) in [5, 5.41) is 15.5. The molecule has 3 heterocycles. The van der Waals surface area contributed by atoms with Gasteiger partial charge in [0.2, 0.25) is 11.0 Å². The molecule has 2 aromatic rings. The standard InChI is InChI=1S/C15H22N6OS/c1-11-7-12(2)21(19-11)8-13-5-3-4-6-20(13)9-14(22)17-15-18-16-10-23-15/h7,10,13H,3-6,8-9H2,1-2H3,(H,17,18,22)/t13-/m1/s1. The van der Waals surface area contributed by atoms with Crippen LogP contribution < -0.4 is 5.32 Å². The minimum Gasteiger partial charge on any atom is -0.299 e. The number of nitrogens with one attached hydrogen (secondary N) is 1. The van der Waals surface area contributed by atoms with E-state index in [0.29, 0.717) is 17.7 Å². The summed E-state index contributed by atoms with van der Waals surface area (Å²) in [6, 6.07) is 2.44. The highest BCUT2D eigenvalue weighted by atomic mass is 32.1. The SMILES string of the molecule is Cc1cc(C)n(C[C@H]2CCCCN2CC(=O)Nc2nncs2)n1. The highest BCUT2D eigenvalue weighted by molar-refractivity contribution is 7.13. The normalized spacial score (nSPS) is 19.0. The van der Waals surface area contributed by atoms with Crippen LogP contribution in [0.25, 0.3) is 0 Å². The number of hydrogen-bond acceptors (Lipinski definition) is 6. The van der Waals surface area contributed by atoms with Crippen molar-refractivity contribution in [1.29, 1.82) is 0 Å². The van der Waals surface area contributed by atoms with Crippen molar-refractivity contribution in [2.45, 2.75) is 45.7 Å². The summed E-state index contributed by atoms with van der Waals surface area (Å²) in [5.74, 6) is -0.0259. The molecule has 1 atom stereocenters. The topological polar surface area (TPSA) is 75.9 Å². The van der Waals surface area contributed by atoms with Crippen LogP contribution in [0.4, 0.5) is 5.13 Å². The largest absolute Gasteiger partial charge is 0.299 e. The van der Waals surface area contributed by atoms with Crippen LogP contribution in [0.3, 0.4) is 0 Å². The van der Waals surface area contributed by atoms with Gasteiger partial charge in [-0.3, -0.25) is 19.7 Å².